The molecule has 0 saturated carbocycles. The van der Waals surface area contributed by atoms with E-state index in [0.717, 1.165) is 12.8 Å². The van der Waals surface area contributed by atoms with Crippen molar-refractivity contribution in [3.63, 3.8) is 0 Å². The minimum absolute atomic E-state index is 0. The van der Waals surface area contributed by atoms with Gasteiger partial charge in [-0.25, -0.2) is 0 Å². The monoisotopic (exact) mass is 946 g/mol. The maximum absolute atomic E-state index is 10.8. The van der Waals surface area contributed by atoms with Crippen molar-refractivity contribution in [3.05, 3.63) is 14.9 Å². The summed E-state index contributed by atoms with van der Waals surface area (Å²) in [6, 6.07) is 0.685. The number of ether oxygens (including phenoxy) is 2. The molecule has 1 aliphatic rings. The van der Waals surface area contributed by atoms with Crippen LogP contribution in [0.2, 0.25) is 0 Å². The van der Waals surface area contributed by atoms with Crippen molar-refractivity contribution in [1.82, 2.24) is 10.2 Å². The zero-order chi connectivity index (χ0) is 30.0. The molecule has 252 valence electrons. The number of hydrogen-bond donors (Lipinski definition) is 2. The molecule has 0 spiro atoms. The van der Waals surface area contributed by atoms with Crippen molar-refractivity contribution < 1.29 is 80.7 Å². The van der Waals surface area contributed by atoms with Crippen LogP contribution in [0.3, 0.4) is 0 Å². The van der Waals surface area contributed by atoms with Crippen LogP contribution in [-0.4, -0.2) is 87.4 Å². The Balaban J connectivity index is -0.0000000455. The molecule has 0 aromatic carbocycles. The minimum atomic E-state index is -0.363. The van der Waals surface area contributed by atoms with Crippen LogP contribution in [0.5, 0.6) is 0 Å². The number of rotatable bonds is 10. The molecule has 4 unspecified atom stereocenters. The third-order valence-electron chi connectivity index (χ3n) is 5.35. The van der Waals surface area contributed by atoms with Gasteiger partial charge < -0.3 is 44.3 Å². The average molecular weight is 947 g/mol. The third-order valence-corrected chi connectivity index (χ3v) is 5.35. The van der Waals surface area contributed by atoms with Crippen molar-refractivity contribution in [3.8, 4) is 0 Å². The third kappa shape index (κ3) is 41.3. The Kier molecular flexibility index (Phi) is 68.3. The van der Waals surface area contributed by atoms with Gasteiger partial charge in [-0.05, 0) is 26.8 Å². The van der Waals surface area contributed by atoms with Gasteiger partial charge in [0.15, 0.2) is 0 Å². The first-order valence-corrected chi connectivity index (χ1v) is 12.7. The Morgan fingerprint density at radius 1 is 1.05 bits per heavy atom. The van der Waals surface area contributed by atoms with Crippen molar-refractivity contribution >= 4 is 30.4 Å². The van der Waals surface area contributed by atoms with E-state index in [1.807, 2.05) is 34.1 Å². The second kappa shape index (κ2) is 44.6. The minimum Gasteiger partial charge on any atom is -0.542 e. The summed E-state index contributed by atoms with van der Waals surface area (Å²) >= 11 is 0. The first-order chi connectivity index (χ1) is 17.3. The first-order valence-electron chi connectivity index (χ1n) is 12.7. The van der Waals surface area contributed by atoms with Crippen LogP contribution in [0, 0.1) is 32.6 Å². The molecule has 1 rings (SSSR count). The van der Waals surface area contributed by atoms with Crippen LogP contribution >= 0.6 is 0 Å². The fourth-order valence-corrected chi connectivity index (χ4v) is 1.95. The summed E-state index contributed by atoms with van der Waals surface area (Å²) < 4.78 is 8.99. The summed E-state index contributed by atoms with van der Waals surface area (Å²) in [7, 11) is 6.38. The molecule has 1 saturated heterocycles. The first kappa shape index (κ1) is 64.2. The summed E-state index contributed by atoms with van der Waals surface area (Å²) in [5.41, 5.74) is 0. The Labute approximate surface area is 287 Å². The molecule has 12 heteroatoms. The number of methoxy groups -OCH3 is 2. The maximum Gasteiger partial charge on any atom is 2.00 e. The zero-order valence-electron chi connectivity index (χ0n) is 27.7. The van der Waals surface area contributed by atoms with Crippen LogP contribution in [0.25, 0.3) is 0 Å². The van der Waals surface area contributed by atoms with E-state index in [-0.39, 0.29) is 112 Å². The summed E-state index contributed by atoms with van der Waals surface area (Å²) in [6.45, 7) is 13.9. The summed E-state index contributed by atoms with van der Waals surface area (Å²) in [5, 5.41) is 11.8. The number of likely N-dealkylation sites (tertiary alicyclic amines) is 1. The standard InChI is InChI=1S/C6H9NO2.C6H9O3.C5H13N.C5H12O2.C5H9O.CH4.2CH3.2W/c1-4-3-5(8)7(2)6(4)9;1-5(3-4-7)6(8)9-2;1-4-5(2)6-3;1-3-5(6)4-7-2;1-3-5(2)4-6;;;;;/h4H,3H2,1-2H3;5H,3H2,1-2H3;5-6H,4H2,1-3H3;5-6H,3-4H2,1-2H3;5H,3H2,1-2H3;1H4;2*1H3;;/q;-1;;;-1;;2*-1;2*+2/t4-;;;;;;;;;/m1........./s1. The van der Waals surface area contributed by atoms with Gasteiger partial charge in [0, 0.05) is 38.5 Å². The number of carbonyl (C=O) groups is 3. The predicted octanol–water partition coefficient (Wildman–Crippen LogP) is 4.39. The van der Waals surface area contributed by atoms with Crippen LogP contribution in [-0.2, 0) is 75.6 Å². The number of hydrogen-bond acceptors (Lipinski definition) is 9. The fourth-order valence-electron chi connectivity index (χ4n) is 1.95. The molecule has 0 aromatic rings. The number of nitrogens with one attached hydrogen (secondary N) is 1. The van der Waals surface area contributed by atoms with E-state index in [4.69, 9.17) is 5.11 Å². The second-order valence-corrected chi connectivity index (χ2v) is 8.71. The van der Waals surface area contributed by atoms with Crippen LogP contribution < -0.4 is 5.32 Å². The van der Waals surface area contributed by atoms with Gasteiger partial charge in [0.2, 0.25) is 11.8 Å². The maximum atomic E-state index is 10.8. The van der Waals surface area contributed by atoms with E-state index in [0.29, 0.717) is 19.1 Å². The van der Waals surface area contributed by atoms with E-state index in [1.54, 1.807) is 27.2 Å². The van der Waals surface area contributed by atoms with Gasteiger partial charge in [-0.3, -0.25) is 31.9 Å². The van der Waals surface area contributed by atoms with Crippen LogP contribution in [0.15, 0.2) is 0 Å². The number of carbonyl (C=O) groups excluding carboxylic acids is 5. The number of aliphatic hydroxyl groups excluding tert-OH is 1. The largest absolute Gasteiger partial charge is 2.00 e. The van der Waals surface area contributed by atoms with Crippen molar-refractivity contribution in [2.75, 3.05) is 34.9 Å². The van der Waals surface area contributed by atoms with Gasteiger partial charge in [-0.2, -0.15) is 0 Å². The molecular weight excluding hydrogens is 884 g/mol. The molecule has 1 fully saturated rings. The molecule has 0 radical (unpaired) electrons. The summed E-state index contributed by atoms with van der Waals surface area (Å²) in [4.78, 5) is 52.5. The molecule has 42 heavy (non-hydrogen) atoms. The van der Waals surface area contributed by atoms with E-state index in [2.05, 4.69) is 28.6 Å². The molecule has 0 bridgehead atoms. The Morgan fingerprint density at radius 2 is 1.52 bits per heavy atom. The molecular formula is C30H62N2O8W2. The molecule has 0 aliphatic carbocycles. The van der Waals surface area contributed by atoms with E-state index in [9.17, 15) is 24.0 Å². The van der Waals surface area contributed by atoms with E-state index >= 15 is 0 Å². The topological polar surface area (TPSA) is 139 Å². The molecule has 1 heterocycles. The molecule has 10 nitrogen and oxygen atoms in total. The van der Waals surface area contributed by atoms with Gasteiger partial charge in [0.05, 0.1) is 19.8 Å². The van der Waals surface area contributed by atoms with Crippen molar-refractivity contribution in [2.24, 2.45) is 17.8 Å². The van der Waals surface area contributed by atoms with Crippen molar-refractivity contribution in [1.29, 1.82) is 0 Å². The number of amides is 2. The molecule has 0 aromatic heterocycles. The van der Waals surface area contributed by atoms with Crippen LogP contribution in [0.4, 0.5) is 0 Å². The Hall–Kier alpha value is -0.793. The average Bonchev–Trinajstić information content (AvgIpc) is 3.13. The zero-order valence-corrected chi connectivity index (χ0v) is 33.6. The van der Waals surface area contributed by atoms with E-state index in [1.165, 1.54) is 25.5 Å². The van der Waals surface area contributed by atoms with Gasteiger partial charge >= 0.3 is 48.1 Å². The van der Waals surface area contributed by atoms with Crippen LogP contribution in [0.1, 0.15) is 88.0 Å². The number of imide groups is 1. The van der Waals surface area contributed by atoms with Gasteiger partial charge in [0.25, 0.3) is 0 Å². The summed E-state index contributed by atoms with van der Waals surface area (Å²) in [5.74, 6) is -0.800. The molecule has 2 N–H and O–H groups in total. The quantitative estimate of drug-likeness (QED) is 0.186. The van der Waals surface area contributed by atoms with Gasteiger partial charge in [-0.15, -0.1) is 12.3 Å². The van der Waals surface area contributed by atoms with Crippen molar-refractivity contribution in [2.45, 2.75) is 100 Å². The fraction of sp³-hybridized carbons (Fsp3) is 0.767. The normalized spacial score (nSPS) is 15.0. The number of aliphatic hydroxyl groups is 1. The Morgan fingerprint density at radius 3 is 1.64 bits per heavy atom. The number of nitrogens with zero attached hydrogens (tertiary/aromatic N) is 1. The molecule has 1 aliphatic heterocycles. The smallest absolute Gasteiger partial charge is 0.542 e. The van der Waals surface area contributed by atoms with E-state index < -0.39 is 0 Å². The number of esters is 1. The Bertz CT molecular complexity index is 610. The van der Waals surface area contributed by atoms with Gasteiger partial charge in [-0.1, -0.05) is 55.4 Å². The molecule has 2 amide bonds. The predicted molar refractivity (Wildman–Crippen MR) is 165 cm³/mol. The SMILES string of the molecule is C.CCC(C)NC.CCC(C)[C-]=O.CCC(O)COC.COC(=O)C(C)C[C-]=O.C[C@@H]1CC(=O)N(C)C1=O.[CH3-].[CH3-].[W+2].[W+2]. The summed E-state index contributed by atoms with van der Waals surface area (Å²) in [6.07, 6.45) is 6.62. The molecule has 5 atom stereocenters. The van der Waals surface area contributed by atoms with Gasteiger partial charge in [0.1, 0.15) is 0 Å². The second-order valence-electron chi connectivity index (χ2n) is 8.71.